The Morgan fingerprint density at radius 1 is 1.11 bits per heavy atom. The van der Waals surface area contributed by atoms with E-state index in [9.17, 15) is 4.79 Å². The predicted molar refractivity (Wildman–Crippen MR) is 114 cm³/mol. The molecule has 3 aromatic rings. The molecule has 28 heavy (non-hydrogen) atoms. The predicted octanol–water partition coefficient (Wildman–Crippen LogP) is 4.34. The van der Waals surface area contributed by atoms with Crippen molar-refractivity contribution in [1.29, 1.82) is 0 Å². The lowest BCUT2D eigenvalue weighted by Crippen LogP contribution is -2.44. The first-order valence-corrected chi connectivity index (χ1v) is 10.9. The van der Waals surface area contributed by atoms with E-state index in [0.29, 0.717) is 5.92 Å². The average Bonchev–Trinajstić information content (AvgIpc) is 3.47. The number of nitrogens with zero attached hydrogens (tertiary/aromatic N) is 3. The molecular weight excluding hydrogens is 368 g/mol. The van der Waals surface area contributed by atoms with Crippen LogP contribution in [0.15, 0.2) is 35.7 Å². The lowest BCUT2D eigenvalue weighted by Gasteiger charge is -2.33. The highest BCUT2D eigenvalue weighted by atomic mass is 32.1. The van der Waals surface area contributed by atoms with Crippen LogP contribution >= 0.6 is 11.3 Å². The van der Waals surface area contributed by atoms with Crippen LogP contribution in [-0.2, 0) is 4.79 Å². The molecule has 1 saturated heterocycles. The summed E-state index contributed by atoms with van der Waals surface area (Å²) in [5.41, 5.74) is 2.44. The maximum Gasteiger partial charge on any atom is 0.217 e. The molecule has 2 aromatic heterocycles. The number of thiophene rings is 1. The number of carbonyl (C=O) groups excluding carboxylic acids is 1. The summed E-state index contributed by atoms with van der Waals surface area (Å²) in [5.74, 6) is 2.67. The molecule has 1 amide bonds. The molecule has 2 aliphatic rings. The Hall–Kier alpha value is -2.47. The van der Waals surface area contributed by atoms with Gasteiger partial charge in [0.2, 0.25) is 5.91 Å². The van der Waals surface area contributed by atoms with Crippen molar-refractivity contribution in [3.8, 4) is 11.1 Å². The number of benzene rings is 1. The molecule has 1 aliphatic heterocycles. The van der Waals surface area contributed by atoms with Crippen molar-refractivity contribution in [3.63, 3.8) is 0 Å². The van der Waals surface area contributed by atoms with Gasteiger partial charge in [0.25, 0.3) is 0 Å². The number of piperidine rings is 1. The Bertz CT molecular complexity index is 1000. The highest BCUT2D eigenvalue weighted by Crippen LogP contribution is 2.43. The van der Waals surface area contributed by atoms with E-state index < -0.39 is 0 Å². The molecule has 1 saturated carbocycles. The van der Waals surface area contributed by atoms with Crippen LogP contribution in [0.2, 0.25) is 0 Å². The van der Waals surface area contributed by atoms with Crippen LogP contribution < -0.4 is 10.2 Å². The van der Waals surface area contributed by atoms with Crippen LogP contribution in [0.5, 0.6) is 0 Å². The summed E-state index contributed by atoms with van der Waals surface area (Å²) < 4.78 is 0. The molecule has 0 bridgehead atoms. The van der Waals surface area contributed by atoms with Crippen LogP contribution in [0.4, 0.5) is 5.82 Å². The number of hydrogen-bond donors (Lipinski definition) is 1. The molecule has 1 aromatic carbocycles. The van der Waals surface area contributed by atoms with Crippen molar-refractivity contribution < 1.29 is 4.79 Å². The fourth-order valence-corrected chi connectivity index (χ4v) is 4.99. The minimum absolute atomic E-state index is 0.0584. The molecule has 0 spiro atoms. The third kappa shape index (κ3) is 3.37. The van der Waals surface area contributed by atoms with Crippen molar-refractivity contribution in [2.45, 2.75) is 44.6 Å². The van der Waals surface area contributed by atoms with E-state index in [2.05, 4.69) is 39.9 Å². The number of aromatic nitrogens is 2. The van der Waals surface area contributed by atoms with Crippen LogP contribution in [-0.4, -0.2) is 35.0 Å². The quantitative estimate of drug-likeness (QED) is 0.717. The fourth-order valence-electron chi connectivity index (χ4n) is 4.05. The zero-order valence-corrected chi connectivity index (χ0v) is 16.8. The second-order valence-corrected chi connectivity index (χ2v) is 8.70. The van der Waals surface area contributed by atoms with Gasteiger partial charge in [-0.05, 0) is 31.2 Å². The van der Waals surface area contributed by atoms with Crippen molar-refractivity contribution in [1.82, 2.24) is 15.3 Å². The van der Waals surface area contributed by atoms with Gasteiger partial charge in [-0.1, -0.05) is 30.3 Å². The molecule has 1 N–H and O–H groups in total. The molecule has 1 aliphatic carbocycles. The zero-order valence-electron chi connectivity index (χ0n) is 16.0. The molecule has 2 fully saturated rings. The average molecular weight is 393 g/mol. The Balaban J connectivity index is 1.54. The lowest BCUT2D eigenvalue weighted by molar-refractivity contribution is -0.119. The van der Waals surface area contributed by atoms with Crippen LogP contribution in [0.1, 0.15) is 44.3 Å². The maximum atomic E-state index is 11.4. The number of anilines is 1. The first-order chi connectivity index (χ1) is 13.7. The van der Waals surface area contributed by atoms with Gasteiger partial charge in [0, 0.05) is 42.9 Å². The van der Waals surface area contributed by atoms with Gasteiger partial charge in [0.15, 0.2) is 0 Å². The molecule has 0 radical (unpaired) electrons. The smallest absolute Gasteiger partial charge is 0.217 e. The summed E-state index contributed by atoms with van der Waals surface area (Å²) in [6.07, 6.45) is 4.31. The Kier molecular flexibility index (Phi) is 4.51. The summed E-state index contributed by atoms with van der Waals surface area (Å²) in [4.78, 5) is 24.9. The number of hydrogen-bond acceptors (Lipinski definition) is 5. The fraction of sp³-hybridized carbons (Fsp3) is 0.409. The number of amides is 1. The maximum absolute atomic E-state index is 11.4. The monoisotopic (exact) mass is 392 g/mol. The van der Waals surface area contributed by atoms with E-state index in [0.717, 1.165) is 42.4 Å². The molecule has 5 nitrogen and oxygen atoms in total. The first-order valence-electron chi connectivity index (χ1n) is 10.1. The van der Waals surface area contributed by atoms with E-state index >= 15 is 0 Å². The Morgan fingerprint density at radius 3 is 2.54 bits per heavy atom. The number of rotatable bonds is 4. The molecule has 144 valence electrons. The summed E-state index contributed by atoms with van der Waals surface area (Å²) in [5, 5.41) is 6.47. The van der Waals surface area contributed by atoms with Gasteiger partial charge in [0.1, 0.15) is 16.5 Å². The molecule has 5 rings (SSSR count). The molecule has 6 heteroatoms. The van der Waals surface area contributed by atoms with E-state index in [4.69, 9.17) is 9.97 Å². The lowest BCUT2D eigenvalue weighted by atomic mass is 10.0. The van der Waals surface area contributed by atoms with Gasteiger partial charge >= 0.3 is 0 Å². The van der Waals surface area contributed by atoms with Crippen molar-refractivity contribution in [2.75, 3.05) is 18.0 Å². The van der Waals surface area contributed by atoms with Crippen molar-refractivity contribution >= 4 is 33.3 Å². The standard InChI is InChI=1S/C22H24N4OS/c1-14(27)23-17-9-11-26(12-10-17)21-19-18(15-5-3-2-4-6-15)13-28-22(19)25-20(24-21)16-7-8-16/h2-6,13,16-17H,7-12H2,1H3,(H,23,27). The van der Waals surface area contributed by atoms with E-state index in [1.54, 1.807) is 18.3 Å². The van der Waals surface area contributed by atoms with E-state index in [-0.39, 0.29) is 11.9 Å². The van der Waals surface area contributed by atoms with E-state index in [1.807, 2.05) is 6.07 Å². The normalized spacial score (nSPS) is 17.8. The molecule has 3 heterocycles. The minimum Gasteiger partial charge on any atom is -0.356 e. The van der Waals surface area contributed by atoms with Gasteiger partial charge in [-0.2, -0.15) is 0 Å². The highest BCUT2D eigenvalue weighted by Gasteiger charge is 2.30. The Labute approximate surface area is 168 Å². The summed E-state index contributed by atoms with van der Waals surface area (Å²) in [6.45, 7) is 3.41. The van der Waals surface area contributed by atoms with Crippen molar-refractivity contribution in [3.05, 3.63) is 41.5 Å². The molecular formula is C22H24N4OS. The summed E-state index contributed by atoms with van der Waals surface area (Å²) in [6, 6.07) is 10.8. The van der Waals surface area contributed by atoms with E-state index in [1.165, 1.54) is 29.4 Å². The van der Waals surface area contributed by atoms with Crippen molar-refractivity contribution in [2.24, 2.45) is 0 Å². The van der Waals surface area contributed by atoms with Gasteiger partial charge < -0.3 is 10.2 Å². The summed E-state index contributed by atoms with van der Waals surface area (Å²) >= 11 is 1.72. The number of carbonyl (C=O) groups is 1. The SMILES string of the molecule is CC(=O)NC1CCN(c2nc(C3CC3)nc3scc(-c4ccccc4)c23)CC1. The van der Waals surface area contributed by atoms with Crippen LogP contribution in [0.25, 0.3) is 21.3 Å². The third-order valence-corrected chi connectivity index (χ3v) is 6.53. The zero-order chi connectivity index (χ0) is 19.1. The van der Waals surface area contributed by atoms with Gasteiger partial charge in [0.05, 0.1) is 5.39 Å². The Morgan fingerprint density at radius 2 is 1.86 bits per heavy atom. The number of fused-ring (bicyclic) bond motifs is 1. The molecule has 0 unspecified atom stereocenters. The highest BCUT2D eigenvalue weighted by molar-refractivity contribution is 7.17. The first kappa shape index (κ1) is 17.6. The molecule has 0 atom stereocenters. The minimum atomic E-state index is 0.0584. The second-order valence-electron chi connectivity index (χ2n) is 7.84. The van der Waals surface area contributed by atoms with Crippen LogP contribution in [0, 0.1) is 0 Å². The van der Waals surface area contributed by atoms with Gasteiger partial charge in [-0.15, -0.1) is 11.3 Å². The third-order valence-electron chi connectivity index (χ3n) is 5.66. The van der Waals surface area contributed by atoms with Gasteiger partial charge in [-0.25, -0.2) is 9.97 Å². The van der Waals surface area contributed by atoms with Crippen LogP contribution in [0.3, 0.4) is 0 Å². The van der Waals surface area contributed by atoms with Gasteiger partial charge in [-0.3, -0.25) is 4.79 Å². The second kappa shape index (κ2) is 7.17. The largest absolute Gasteiger partial charge is 0.356 e. The summed E-state index contributed by atoms with van der Waals surface area (Å²) in [7, 11) is 0. The number of nitrogens with one attached hydrogen (secondary N) is 1. The topological polar surface area (TPSA) is 58.1 Å².